The number of phenols is 2. The van der Waals surface area contributed by atoms with Gasteiger partial charge >= 0.3 is 0 Å². The molecule has 0 unspecified atom stereocenters. The van der Waals surface area contributed by atoms with Gasteiger partial charge in [-0.2, -0.15) is 0 Å². The lowest BCUT2D eigenvalue weighted by molar-refractivity contribution is 0.102. The first-order valence-electron chi connectivity index (χ1n) is 11.2. The van der Waals surface area contributed by atoms with Gasteiger partial charge < -0.3 is 15.5 Å². The van der Waals surface area contributed by atoms with Crippen LogP contribution in [0.2, 0.25) is 0 Å². The van der Waals surface area contributed by atoms with Gasteiger partial charge in [-0.05, 0) is 54.8 Å². The van der Waals surface area contributed by atoms with Crippen LogP contribution in [-0.4, -0.2) is 30.3 Å². The Bertz CT molecular complexity index is 1350. The fourth-order valence-electron chi connectivity index (χ4n) is 3.63. The second-order valence-electron chi connectivity index (χ2n) is 8.14. The topological polar surface area (TPSA) is 121 Å². The molecule has 0 bridgehead atoms. The third-order valence-corrected chi connectivity index (χ3v) is 6.85. The molecule has 35 heavy (non-hydrogen) atoms. The number of benzene rings is 3. The summed E-state index contributed by atoms with van der Waals surface area (Å²) < 4.78 is 23.1. The Labute approximate surface area is 208 Å². The minimum Gasteiger partial charge on any atom is -0.508 e. The third-order valence-electron chi connectivity index (χ3n) is 5.50. The van der Waals surface area contributed by atoms with Crippen molar-refractivity contribution in [2.45, 2.75) is 43.9 Å². The van der Waals surface area contributed by atoms with E-state index in [1.165, 1.54) is 36.4 Å². The van der Waals surface area contributed by atoms with Crippen LogP contribution in [-0.2, 0) is 15.5 Å². The van der Waals surface area contributed by atoms with E-state index < -0.39 is 20.7 Å². The molecule has 0 spiro atoms. The summed E-state index contributed by atoms with van der Waals surface area (Å²) in [5.74, 6) is -1.45. The van der Waals surface area contributed by atoms with Crippen LogP contribution >= 0.6 is 10.7 Å². The summed E-state index contributed by atoms with van der Waals surface area (Å²) >= 11 is 0. The third kappa shape index (κ3) is 6.83. The molecule has 0 radical (unpaired) electrons. The molecule has 0 heterocycles. The number of hydrogen-bond acceptors (Lipinski definition) is 6. The van der Waals surface area contributed by atoms with Gasteiger partial charge in [0.15, 0.2) is 5.78 Å². The van der Waals surface area contributed by atoms with Crippen molar-refractivity contribution in [2.24, 2.45) is 0 Å². The van der Waals surface area contributed by atoms with Gasteiger partial charge in [0.2, 0.25) is 0 Å². The average molecular weight is 516 g/mol. The Morgan fingerprint density at radius 2 is 1.60 bits per heavy atom. The predicted molar refractivity (Wildman–Crippen MR) is 135 cm³/mol. The molecule has 0 aromatic heterocycles. The maximum Gasteiger partial charge on any atom is 0.261 e. The monoisotopic (exact) mass is 515 g/mol. The molecule has 3 aromatic carbocycles. The average Bonchev–Trinajstić information content (AvgIpc) is 2.82. The standard InChI is InChI=1S/C26H26ClNO6S/c1-2-3-4-5-8-17-15-22(24(30)16-23(17)29)25(31)18-9-6-11-20(13-18)28-26(32)19-10-7-12-21(14-19)35(27,33)34/h6-7,9-16,29-30H,2-5,8H2,1H3,(H,28,32). The second kappa shape index (κ2) is 11.4. The number of hydrogen-bond donors (Lipinski definition) is 3. The first-order valence-corrected chi connectivity index (χ1v) is 13.5. The SMILES string of the molecule is CCCCCCc1cc(C(=O)c2cccc(NC(=O)c3cccc(S(=O)(=O)Cl)c3)c2)c(O)cc1O. The van der Waals surface area contributed by atoms with Crippen LogP contribution in [0.1, 0.15) is 64.4 Å². The lowest BCUT2D eigenvalue weighted by atomic mass is 9.97. The van der Waals surface area contributed by atoms with Crippen LogP contribution in [0.5, 0.6) is 11.5 Å². The number of amides is 1. The summed E-state index contributed by atoms with van der Waals surface area (Å²) in [5, 5.41) is 23.1. The van der Waals surface area contributed by atoms with Crippen molar-refractivity contribution in [2.75, 3.05) is 5.32 Å². The molecule has 184 valence electrons. The molecule has 0 fully saturated rings. The zero-order chi connectivity index (χ0) is 25.6. The van der Waals surface area contributed by atoms with Crippen molar-refractivity contribution in [1.29, 1.82) is 0 Å². The van der Waals surface area contributed by atoms with E-state index >= 15 is 0 Å². The summed E-state index contributed by atoms with van der Waals surface area (Å²) in [5.41, 5.74) is 1.24. The van der Waals surface area contributed by atoms with Crippen molar-refractivity contribution < 1.29 is 28.2 Å². The number of unbranched alkanes of at least 4 members (excludes halogenated alkanes) is 3. The Hall–Kier alpha value is -3.36. The number of carbonyl (C=O) groups is 2. The number of ketones is 1. The largest absolute Gasteiger partial charge is 0.508 e. The highest BCUT2D eigenvalue weighted by Crippen LogP contribution is 2.31. The number of nitrogens with one attached hydrogen (secondary N) is 1. The molecule has 3 rings (SSSR count). The predicted octanol–water partition coefficient (Wildman–Crippen LogP) is 5.63. The molecule has 0 atom stereocenters. The van der Waals surface area contributed by atoms with Crippen LogP contribution < -0.4 is 5.32 Å². The molecule has 7 nitrogen and oxygen atoms in total. The smallest absolute Gasteiger partial charge is 0.261 e. The maximum atomic E-state index is 13.1. The molecule has 3 N–H and O–H groups in total. The maximum absolute atomic E-state index is 13.1. The lowest BCUT2D eigenvalue weighted by Gasteiger charge is -2.11. The zero-order valence-electron chi connectivity index (χ0n) is 19.1. The van der Waals surface area contributed by atoms with E-state index in [4.69, 9.17) is 10.7 Å². The van der Waals surface area contributed by atoms with Gasteiger partial charge in [-0.1, -0.05) is 44.4 Å². The molecule has 0 aliphatic rings. The van der Waals surface area contributed by atoms with E-state index in [0.29, 0.717) is 17.7 Å². The Morgan fingerprint density at radius 3 is 2.31 bits per heavy atom. The van der Waals surface area contributed by atoms with E-state index in [-0.39, 0.29) is 33.1 Å². The molecule has 0 saturated heterocycles. The first-order chi connectivity index (χ1) is 16.6. The Balaban J connectivity index is 1.81. The number of aryl methyl sites for hydroxylation is 1. The molecular formula is C26H26ClNO6S. The molecule has 0 saturated carbocycles. The zero-order valence-corrected chi connectivity index (χ0v) is 20.7. The second-order valence-corrected chi connectivity index (χ2v) is 10.7. The highest BCUT2D eigenvalue weighted by molar-refractivity contribution is 8.13. The lowest BCUT2D eigenvalue weighted by Crippen LogP contribution is -2.13. The summed E-state index contributed by atoms with van der Waals surface area (Å²) in [4.78, 5) is 25.6. The number of phenolic OH excluding ortho intramolecular Hbond substituents is 2. The number of anilines is 1. The van der Waals surface area contributed by atoms with Crippen LogP contribution in [0, 0.1) is 0 Å². The molecule has 0 aliphatic heterocycles. The Morgan fingerprint density at radius 1 is 0.886 bits per heavy atom. The molecule has 1 amide bonds. The number of rotatable bonds is 10. The molecule has 0 aliphatic carbocycles. The number of carbonyl (C=O) groups excluding carboxylic acids is 2. The van der Waals surface area contributed by atoms with Crippen LogP contribution in [0.25, 0.3) is 0 Å². The summed E-state index contributed by atoms with van der Waals surface area (Å²) in [7, 11) is 1.36. The van der Waals surface area contributed by atoms with Gasteiger partial charge in [0.25, 0.3) is 15.0 Å². The quantitative estimate of drug-likeness (QED) is 0.183. The van der Waals surface area contributed by atoms with E-state index in [0.717, 1.165) is 31.7 Å². The van der Waals surface area contributed by atoms with E-state index in [1.54, 1.807) is 18.2 Å². The van der Waals surface area contributed by atoms with Crippen molar-refractivity contribution in [1.82, 2.24) is 0 Å². The highest BCUT2D eigenvalue weighted by atomic mass is 35.7. The minimum atomic E-state index is -3.99. The van der Waals surface area contributed by atoms with Gasteiger partial charge in [-0.25, -0.2) is 8.42 Å². The van der Waals surface area contributed by atoms with Gasteiger partial charge in [-0.15, -0.1) is 0 Å². The molecule has 3 aromatic rings. The van der Waals surface area contributed by atoms with Crippen LogP contribution in [0.4, 0.5) is 5.69 Å². The van der Waals surface area contributed by atoms with Crippen LogP contribution in [0.3, 0.4) is 0 Å². The highest BCUT2D eigenvalue weighted by Gasteiger charge is 2.18. The minimum absolute atomic E-state index is 0.0526. The van der Waals surface area contributed by atoms with E-state index in [1.807, 2.05) is 0 Å². The normalized spacial score (nSPS) is 11.3. The summed E-state index contributed by atoms with van der Waals surface area (Å²) in [6.45, 7) is 2.10. The van der Waals surface area contributed by atoms with Gasteiger partial charge in [-0.3, -0.25) is 9.59 Å². The fraction of sp³-hybridized carbons (Fsp3) is 0.231. The summed E-state index contributed by atoms with van der Waals surface area (Å²) in [6, 6.07) is 14.1. The number of aromatic hydroxyl groups is 2. The first kappa shape index (κ1) is 26.2. The van der Waals surface area contributed by atoms with Gasteiger partial charge in [0.05, 0.1) is 10.5 Å². The van der Waals surface area contributed by atoms with Crippen molar-refractivity contribution in [3.63, 3.8) is 0 Å². The van der Waals surface area contributed by atoms with Crippen LogP contribution in [0.15, 0.2) is 65.6 Å². The van der Waals surface area contributed by atoms with Gasteiger partial charge in [0.1, 0.15) is 11.5 Å². The van der Waals surface area contributed by atoms with Gasteiger partial charge in [0, 0.05) is 33.6 Å². The van der Waals surface area contributed by atoms with Crippen molar-refractivity contribution in [3.8, 4) is 11.5 Å². The Kier molecular flexibility index (Phi) is 8.53. The van der Waals surface area contributed by atoms with Crippen molar-refractivity contribution >= 4 is 37.1 Å². The summed E-state index contributed by atoms with van der Waals surface area (Å²) in [6.07, 6.45) is 4.60. The molecular weight excluding hydrogens is 490 g/mol. The molecule has 9 heteroatoms. The number of halogens is 1. The van der Waals surface area contributed by atoms with E-state index in [9.17, 15) is 28.2 Å². The van der Waals surface area contributed by atoms with Crippen molar-refractivity contribution in [3.05, 3.63) is 82.9 Å². The van der Waals surface area contributed by atoms with E-state index in [2.05, 4.69) is 12.2 Å². The fourth-order valence-corrected chi connectivity index (χ4v) is 4.43.